The average molecular weight is 319 g/mol. The molecule has 3 rings (SSSR count). The van der Waals surface area contributed by atoms with Gasteiger partial charge in [0.25, 0.3) is 11.5 Å². The molecule has 2 aromatic heterocycles. The Hall–Kier alpha value is -2.09. The Morgan fingerprint density at radius 2 is 2.00 bits per heavy atom. The van der Waals surface area contributed by atoms with Gasteiger partial charge in [-0.2, -0.15) is 5.10 Å². The van der Waals surface area contributed by atoms with Gasteiger partial charge in [0.1, 0.15) is 15.7 Å². The topological polar surface area (TPSA) is 81.0 Å². The van der Waals surface area contributed by atoms with E-state index in [4.69, 9.17) is 0 Å². The van der Waals surface area contributed by atoms with E-state index in [2.05, 4.69) is 15.3 Å². The van der Waals surface area contributed by atoms with Crippen LogP contribution >= 0.6 is 11.3 Å². The number of hydrogen-bond acceptors (Lipinski definition) is 6. The van der Waals surface area contributed by atoms with Crippen LogP contribution in [-0.4, -0.2) is 43.9 Å². The van der Waals surface area contributed by atoms with E-state index in [-0.39, 0.29) is 11.5 Å². The van der Waals surface area contributed by atoms with Crippen molar-refractivity contribution in [1.82, 2.24) is 24.9 Å². The maximum absolute atomic E-state index is 12.4. The lowest BCUT2D eigenvalue weighted by molar-refractivity contribution is 0.0704. The highest BCUT2D eigenvalue weighted by atomic mass is 32.1. The molecule has 0 unspecified atom stereocenters. The van der Waals surface area contributed by atoms with Crippen LogP contribution in [0.4, 0.5) is 0 Å². The number of likely N-dealkylation sites (tertiary alicyclic amines) is 1. The van der Waals surface area contributed by atoms with Gasteiger partial charge in [-0.05, 0) is 25.8 Å². The summed E-state index contributed by atoms with van der Waals surface area (Å²) in [7, 11) is 1.54. The van der Waals surface area contributed by atoms with E-state index in [9.17, 15) is 9.59 Å². The molecule has 0 atom stereocenters. The number of rotatable bonds is 2. The fourth-order valence-electron chi connectivity index (χ4n) is 2.58. The van der Waals surface area contributed by atoms with Crippen molar-refractivity contribution in [2.24, 2.45) is 7.05 Å². The molecule has 0 bridgehead atoms. The van der Waals surface area contributed by atoms with Gasteiger partial charge in [-0.3, -0.25) is 9.59 Å². The Morgan fingerprint density at radius 1 is 1.27 bits per heavy atom. The van der Waals surface area contributed by atoms with E-state index < -0.39 is 0 Å². The number of piperidine rings is 1. The number of hydrogen-bond donors (Lipinski definition) is 0. The summed E-state index contributed by atoms with van der Waals surface area (Å²) in [5.74, 6) is 0.255. The molecule has 1 aliphatic heterocycles. The van der Waals surface area contributed by atoms with Gasteiger partial charge in [0.2, 0.25) is 0 Å². The molecule has 0 saturated carbocycles. The lowest BCUT2D eigenvalue weighted by Crippen LogP contribution is -2.39. The van der Waals surface area contributed by atoms with Crippen molar-refractivity contribution in [2.45, 2.75) is 25.7 Å². The highest BCUT2D eigenvalue weighted by molar-refractivity contribution is 7.11. The number of carbonyl (C=O) groups excluding carboxylic acids is 1. The summed E-state index contributed by atoms with van der Waals surface area (Å²) < 4.78 is 1.18. The second kappa shape index (κ2) is 5.96. The maximum atomic E-state index is 12.4. The van der Waals surface area contributed by atoms with Crippen molar-refractivity contribution in [3.05, 3.63) is 38.2 Å². The van der Waals surface area contributed by atoms with Crippen LogP contribution in [0.15, 0.2) is 16.9 Å². The molecule has 3 heterocycles. The number of aromatic nitrogens is 4. The average Bonchev–Trinajstić information content (AvgIpc) is 2.96. The molecule has 22 heavy (non-hydrogen) atoms. The molecule has 7 nitrogen and oxygen atoms in total. The van der Waals surface area contributed by atoms with Crippen LogP contribution in [0.25, 0.3) is 0 Å². The Labute approximate surface area is 131 Å². The number of aryl methyl sites for hydroxylation is 2. The van der Waals surface area contributed by atoms with E-state index >= 15 is 0 Å². The van der Waals surface area contributed by atoms with Crippen LogP contribution in [0.2, 0.25) is 0 Å². The summed E-state index contributed by atoms with van der Waals surface area (Å²) in [5, 5.41) is 14.3. The first-order valence-corrected chi connectivity index (χ1v) is 8.00. The Morgan fingerprint density at radius 3 is 2.59 bits per heavy atom. The summed E-state index contributed by atoms with van der Waals surface area (Å²) in [6.07, 6.45) is 1.76. The molecule has 116 valence electrons. The summed E-state index contributed by atoms with van der Waals surface area (Å²) in [6, 6.07) is 2.86. The highest BCUT2D eigenvalue weighted by Gasteiger charge is 2.27. The van der Waals surface area contributed by atoms with Crippen molar-refractivity contribution in [2.75, 3.05) is 13.1 Å². The Kier molecular flexibility index (Phi) is 4.02. The van der Waals surface area contributed by atoms with Crippen LogP contribution in [0.5, 0.6) is 0 Å². The molecular weight excluding hydrogens is 302 g/mol. The normalized spacial score (nSPS) is 16.0. The minimum absolute atomic E-state index is 0.123. The van der Waals surface area contributed by atoms with Gasteiger partial charge in [0.15, 0.2) is 0 Å². The molecule has 0 N–H and O–H groups in total. The smallest absolute Gasteiger partial charge is 0.274 e. The van der Waals surface area contributed by atoms with Crippen molar-refractivity contribution in [1.29, 1.82) is 0 Å². The first kappa shape index (κ1) is 14.8. The highest BCUT2D eigenvalue weighted by Crippen LogP contribution is 2.30. The lowest BCUT2D eigenvalue weighted by atomic mass is 9.97. The predicted molar refractivity (Wildman–Crippen MR) is 82.0 cm³/mol. The largest absolute Gasteiger partial charge is 0.337 e. The van der Waals surface area contributed by atoms with Crippen molar-refractivity contribution in [3.8, 4) is 0 Å². The molecule has 0 aliphatic carbocycles. The van der Waals surface area contributed by atoms with Crippen molar-refractivity contribution >= 4 is 17.2 Å². The molecule has 0 spiro atoms. The molecular formula is C14H17N5O2S. The van der Waals surface area contributed by atoms with E-state index in [1.54, 1.807) is 23.3 Å². The van der Waals surface area contributed by atoms with Crippen LogP contribution in [0.1, 0.15) is 39.3 Å². The minimum Gasteiger partial charge on any atom is -0.337 e. The SMILES string of the molecule is Cc1nnc(C2CCN(C(=O)c3ccc(=O)n(C)n3)CC2)s1. The molecule has 1 saturated heterocycles. The first-order chi connectivity index (χ1) is 10.5. The van der Waals surface area contributed by atoms with E-state index in [0.29, 0.717) is 24.7 Å². The Bertz CT molecular complexity index is 746. The fourth-order valence-corrected chi connectivity index (χ4v) is 3.45. The zero-order valence-corrected chi connectivity index (χ0v) is 13.3. The first-order valence-electron chi connectivity index (χ1n) is 7.18. The molecule has 1 amide bonds. The summed E-state index contributed by atoms with van der Waals surface area (Å²) in [4.78, 5) is 25.6. The molecule has 1 aliphatic rings. The zero-order valence-electron chi connectivity index (χ0n) is 12.5. The van der Waals surface area contributed by atoms with Crippen LogP contribution < -0.4 is 5.56 Å². The molecule has 0 radical (unpaired) electrons. The van der Waals surface area contributed by atoms with Gasteiger partial charge < -0.3 is 4.90 Å². The van der Waals surface area contributed by atoms with Crippen LogP contribution in [0.3, 0.4) is 0 Å². The van der Waals surface area contributed by atoms with E-state index in [0.717, 1.165) is 22.9 Å². The van der Waals surface area contributed by atoms with Gasteiger partial charge in [0.05, 0.1) is 0 Å². The fraction of sp³-hybridized carbons (Fsp3) is 0.500. The third-order valence-electron chi connectivity index (χ3n) is 3.85. The summed E-state index contributed by atoms with van der Waals surface area (Å²) >= 11 is 1.63. The van der Waals surface area contributed by atoms with Gasteiger partial charge in [-0.25, -0.2) is 4.68 Å². The Balaban J connectivity index is 1.66. The maximum Gasteiger partial charge on any atom is 0.274 e. The van der Waals surface area contributed by atoms with Crippen LogP contribution in [-0.2, 0) is 7.05 Å². The standard InChI is InChI=1S/C14H17N5O2S/c1-9-15-16-13(22-9)10-5-7-19(8-6-10)14(21)11-3-4-12(20)18(2)17-11/h3-4,10H,5-8H2,1-2H3. The molecule has 0 aromatic carbocycles. The quantitative estimate of drug-likeness (QED) is 0.823. The molecule has 1 fully saturated rings. The van der Waals surface area contributed by atoms with Crippen molar-refractivity contribution < 1.29 is 4.79 Å². The van der Waals surface area contributed by atoms with Crippen molar-refractivity contribution in [3.63, 3.8) is 0 Å². The second-order valence-corrected chi connectivity index (χ2v) is 6.62. The summed E-state index contributed by atoms with van der Waals surface area (Å²) in [5.41, 5.74) is 0.0919. The van der Waals surface area contributed by atoms with Gasteiger partial charge >= 0.3 is 0 Å². The van der Waals surface area contributed by atoms with E-state index in [1.165, 1.54) is 16.8 Å². The van der Waals surface area contributed by atoms with Crippen LogP contribution in [0, 0.1) is 6.92 Å². The van der Waals surface area contributed by atoms with Gasteiger partial charge in [-0.15, -0.1) is 21.5 Å². The minimum atomic E-state index is -0.220. The van der Waals surface area contributed by atoms with Gasteiger partial charge in [0, 0.05) is 32.1 Å². The number of carbonyl (C=O) groups is 1. The van der Waals surface area contributed by atoms with Gasteiger partial charge in [-0.1, -0.05) is 0 Å². The second-order valence-electron chi connectivity index (χ2n) is 5.41. The molecule has 2 aromatic rings. The predicted octanol–water partition coefficient (Wildman–Crippen LogP) is 0.960. The lowest BCUT2D eigenvalue weighted by Gasteiger charge is -2.30. The summed E-state index contributed by atoms with van der Waals surface area (Å²) in [6.45, 7) is 3.30. The van der Waals surface area contributed by atoms with E-state index in [1.807, 2.05) is 6.92 Å². The monoisotopic (exact) mass is 319 g/mol. The number of nitrogens with zero attached hydrogens (tertiary/aromatic N) is 5. The third-order valence-corrected chi connectivity index (χ3v) is 4.85. The third kappa shape index (κ3) is 2.92. The molecule has 8 heteroatoms. The zero-order chi connectivity index (χ0) is 15.7. The number of amides is 1.